The molecular formula is C12H21N3O6. The Bertz CT molecular complexity index is 385. The average Bonchev–Trinajstić information content (AvgIpc) is 2.41. The number of carboxylic acid groups (broad SMARTS) is 2. The molecule has 9 heteroatoms. The minimum absolute atomic E-state index is 0.00289. The van der Waals surface area contributed by atoms with Crippen LogP contribution in [0.2, 0.25) is 0 Å². The quantitative estimate of drug-likeness (QED) is 0.368. The number of carboxylic acids is 2. The number of hydrogen-bond acceptors (Lipinski definition) is 4. The van der Waals surface area contributed by atoms with Crippen molar-refractivity contribution >= 4 is 23.9 Å². The molecule has 0 spiro atoms. The van der Waals surface area contributed by atoms with E-state index in [-0.39, 0.29) is 31.7 Å². The van der Waals surface area contributed by atoms with Gasteiger partial charge < -0.3 is 26.2 Å². The number of nitrogens with one attached hydrogen (secondary N) is 3. The molecule has 0 unspecified atom stereocenters. The van der Waals surface area contributed by atoms with Gasteiger partial charge >= 0.3 is 18.0 Å². The van der Waals surface area contributed by atoms with Crippen molar-refractivity contribution in [3.63, 3.8) is 0 Å². The lowest BCUT2D eigenvalue weighted by Crippen LogP contribution is -2.48. The zero-order valence-electron chi connectivity index (χ0n) is 11.8. The first-order valence-corrected chi connectivity index (χ1v) is 6.62. The van der Waals surface area contributed by atoms with Gasteiger partial charge in [0.05, 0.1) is 6.54 Å². The van der Waals surface area contributed by atoms with Crippen LogP contribution >= 0.6 is 0 Å². The van der Waals surface area contributed by atoms with Crippen LogP contribution in [0.25, 0.3) is 0 Å². The molecule has 0 fully saturated rings. The Morgan fingerprint density at radius 1 is 1.10 bits per heavy atom. The number of carbonyl (C=O) groups excluding carboxylic acids is 2. The van der Waals surface area contributed by atoms with Crippen LogP contribution in [-0.4, -0.2) is 53.2 Å². The van der Waals surface area contributed by atoms with Gasteiger partial charge in [0.1, 0.15) is 6.04 Å². The Hall–Kier alpha value is -2.32. The lowest BCUT2D eigenvalue weighted by atomic mass is 10.1. The highest BCUT2D eigenvalue weighted by Gasteiger charge is 2.20. The van der Waals surface area contributed by atoms with Crippen LogP contribution in [0.4, 0.5) is 4.79 Å². The first kappa shape index (κ1) is 18.7. The van der Waals surface area contributed by atoms with Gasteiger partial charge in [-0.2, -0.15) is 0 Å². The zero-order chi connectivity index (χ0) is 16.3. The van der Waals surface area contributed by atoms with Crippen molar-refractivity contribution in [3.8, 4) is 0 Å². The number of rotatable bonds is 10. The number of aliphatic carboxylic acids is 2. The topological polar surface area (TPSA) is 145 Å². The number of hydrogen-bond donors (Lipinski definition) is 5. The summed E-state index contributed by atoms with van der Waals surface area (Å²) in [6.07, 6.45) is 0.718. The smallest absolute Gasteiger partial charge is 0.326 e. The maximum Gasteiger partial charge on any atom is 0.326 e. The monoisotopic (exact) mass is 303 g/mol. The van der Waals surface area contributed by atoms with Gasteiger partial charge in [-0.05, 0) is 19.3 Å². The first-order valence-electron chi connectivity index (χ1n) is 6.62. The van der Waals surface area contributed by atoms with E-state index in [0.29, 0.717) is 6.54 Å². The molecular weight excluding hydrogens is 282 g/mol. The van der Waals surface area contributed by atoms with Crippen LogP contribution in [0.1, 0.15) is 32.6 Å². The van der Waals surface area contributed by atoms with Crippen LogP contribution in [0.3, 0.4) is 0 Å². The number of urea groups is 1. The number of carbonyl (C=O) groups is 4. The molecule has 21 heavy (non-hydrogen) atoms. The Kier molecular flexibility index (Phi) is 9.31. The van der Waals surface area contributed by atoms with Crippen molar-refractivity contribution in [1.82, 2.24) is 16.0 Å². The molecule has 0 aromatic rings. The van der Waals surface area contributed by atoms with Gasteiger partial charge in [-0.25, -0.2) is 9.59 Å². The summed E-state index contributed by atoms with van der Waals surface area (Å²) < 4.78 is 0. The molecule has 0 saturated heterocycles. The second kappa shape index (κ2) is 10.5. The van der Waals surface area contributed by atoms with Crippen molar-refractivity contribution in [1.29, 1.82) is 0 Å². The minimum Gasteiger partial charge on any atom is -0.481 e. The van der Waals surface area contributed by atoms with E-state index < -0.39 is 24.0 Å². The van der Waals surface area contributed by atoms with Crippen LogP contribution < -0.4 is 16.0 Å². The standard InChI is InChI=1S/C12H21N3O6/c1-2-6-13-9(16)7-14-12(21)15-8(11(19)20)4-3-5-10(17)18/h8H,2-7H2,1H3,(H,13,16)(H,17,18)(H,19,20)(H2,14,15,21)/t8-/m1/s1. The molecule has 0 bridgehead atoms. The Balaban J connectivity index is 4.08. The van der Waals surface area contributed by atoms with E-state index in [1.165, 1.54) is 0 Å². The van der Waals surface area contributed by atoms with Gasteiger partial charge in [0.15, 0.2) is 0 Å². The summed E-state index contributed by atoms with van der Waals surface area (Å²) in [4.78, 5) is 44.0. The zero-order valence-corrected chi connectivity index (χ0v) is 11.8. The lowest BCUT2D eigenvalue weighted by molar-refractivity contribution is -0.140. The van der Waals surface area contributed by atoms with Crippen molar-refractivity contribution in [2.75, 3.05) is 13.1 Å². The van der Waals surface area contributed by atoms with E-state index in [2.05, 4.69) is 16.0 Å². The summed E-state index contributed by atoms with van der Waals surface area (Å²) in [5.74, 6) is -2.66. The van der Waals surface area contributed by atoms with Gasteiger partial charge in [-0.3, -0.25) is 9.59 Å². The van der Waals surface area contributed by atoms with Crippen LogP contribution in [0.15, 0.2) is 0 Å². The predicted octanol–water partition coefficient (Wildman–Crippen LogP) is -0.480. The van der Waals surface area contributed by atoms with Gasteiger partial charge in [0.25, 0.3) is 0 Å². The van der Waals surface area contributed by atoms with Crippen molar-refractivity contribution < 1.29 is 29.4 Å². The van der Waals surface area contributed by atoms with E-state index in [9.17, 15) is 19.2 Å². The van der Waals surface area contributed by atoms with Crippen molar-refractivity contribution in [2.45, 2.75) is 38.6 Å². The fourth-order valence-electron chi connectivity index (χ4n) is 1.41. The minimum atomic E-state index is -1.26. The van der Waals surface area contributed by atoms with Gasteiger partial charge in [0, 0.05) is 13.0 Å². The molecule has 0 aromatic heterocycles. The third-order valence-corrected chi connectivity index (χ3v) is 2.47. The maximum atomic E-state index is 11.5. The molecule has 0 aliphatic rings. The summed E-state index contributed by atoms with van der Waals surface area (Å²) in [7, 11) is 0. The highest BCUT2D eigenvalue weighted by Crippen LogP contribution is 2.01. The Labute approximate surface area is 122 Å². The molecule has 3 amide bonds. The van der Waals surface area contributed by atoms with E-state index in [1.807, 2.05) is 6.92 Å². The van der Waals surface area contributed by atoms with E-state index in [0.717, 1.165) is 6.42 Å². The first-order chi connectivity index (χ1) is 9.86. The second-order valence-electron chi connectivity index (χ2n) is 4.35. The molecule has 5 N–H and O–H groups in total. The number of amides is 3. The molecule has 0 aromatic carbocycles. The molecule has 0 radical (unpaired) electrons. The SMILES string of the molecule is CCCNC(=O)CNC(=O)N[C@H](CCCC(=O)O)C(=O)O. The molecule has 0 aliphatic carbocycles. The third-order valence-electron chi connectivity index (χ3n) is 2.47. The Morgan fingerprint density at radius 3 is 2.29 bits per heavy atom. The summed E-state index contributed by atoms with van der Waals surface area (Å²) >= 11 is 0. The van der Waals surface area contributed by atoms with Crippen molar-refractivity contribution in [2.24, 2.45) is 0 Å². The summed E-state index contributed by atoms with van der Waals surface area (Å²) in [5, 5.41) is 24.3. The van der Waals surface area contributed by atoms with Gasteiger partial charge in [-0.1, -0.05) is 6.92 Å². The molecule has 0 heterocycles. The van der Waals surface area contributed by atoms with E-state index >= 15 is 0 Å². The van der Waals surface area contributed by atoms with E-state index in [1.54, 1.807) is 0 Å². The summed E-state index contributed by atoms with van der Waals surface area (Å²) in [5.41, 5.74) is 0. The van der Waals surface area contributed by atoms with Crippen LogP contribution in [-0.2, 0) is 14.4 Å². The molecule has 0 aliphatic heterocycles. The fraction of sp³-hybridized carbons (Fsp3) is 0.667. The molecule has 9 nitrogen and oxygen atoms in total. The fourth-order valence-corrected chi connectivity index (χ4v) is 1.41. The molecule has 0 saturated carbocycles. The summed E-state index contributed by atoms with van der Waals surface area (Å²) in [6, 6.07) is -1.98. The normalized spacial score (nSPS) is 11.3. The van der Waals surface area contributed by atoms with Gasteiger partial charge in [-0.15, -0.1) is 0 Å². The maximum absolute atomic E-state index is 11.5. The second-order valence-corrected chi connectivity index (χ2v) is 4.35. The highest BCUT2D eigenvalue weighted by molar-refractivity contribution is 5.86. The lowest BCUT2D eigenvalue weighted by Gasteiger charge is -2.14. The van der Waals surface area contributed by atoms with Crippen molar-refractivity contribution in [3.05, 3.63) is 0 Å². The predicted molar refractivity (Wildman–Crippen MR) is 72.7 cm³/mol. The molecule has 0 rings (SSSR count). The Morgan fingerprint density at radius 2 is 1.76 bits per heavy atom. The van der Waals surface area contributed by atoms with Gasteiger partial charge in [0.2, 0.25) is 5.91 Å². The largest absolute Gasteiger partial charge is 0.481 e. The van der Waals surface area contributed by atoms with Crippen LogP contribution in [0.5, 0.6) is 0 Å². The highest BCUT2D eigenvalue weighted by atomic mass is 16.4. The summed E-state index contributed by atoms with van der Waals surface area (Å²) in [6.45, 7) is 2.12. The molecule has 120 valence electrons. The molecule has 1 atom stereocenters. The van der Waals surface area contributed by atoms with E-state index in [4.69, 9.17) is 10.2 Å². The van der Waals surface area contributed by atoms with Crippen LogP contribution in [0, 0.1) is 0 Å². The third kappa shape index (κ3) is 10.2. The average molecular weight is 303 g/mol.